The summed E-state index contributed by atoms with van der Waals surface area (Å²) in [5.74, 6) is 0.443. The van der Waals surface area contributed by atoms with Gasteiger partial charge in [0.1, 0.15) is 35.3 Å². The summed E-state index contributed by atoms with van der Waals surface area (Å²) in [4.78, 5) is 46.0. The Labute approximate surface area is 252 Å². The van der Waals surface area contributed by atoms with Gasteiger partial charge < -0.3 is 33.9 Å². The Bertz CT molecular complexity index is 1350. The molecule has 1 aliphatic carbocycles. The zero-order chi connectivity index (χ0) is 31.3. The van der Waals surface area contributed by atoms with Crippen LogP contribution in [0.15, 0.2) is 24.8 Å². The van der Waals surface area contributed by atoms with Crippen LogP contribution in [0.3, 0.4) is 0 Å². The summed E-state index contributed by atoms with van der Waals surface area (Å²) < 4.78 is 28.0. The minimum Gasteiger partial charge on any atom is -0.496 e. The first kappa shape index (κ1) is 31.9. The molecule has 11 heteroatoms. The molecule has 2 aliphatic rings. The molecule has 2 fully saturated rings. The lowest BCUT2D eigenvalue weighted by molar-refractivity contribution is -0.152. The maximum absolute atomic E-state index is 14.2. The SMILES string of the molecule is C=Cc1cc2c(O[C@@H]3C[C@@H](C(=O)OC)N(C(=O)[C@@H](NC(=O)OC(C)(C)C)C4CCCCC4)C3)cc(OC)nc2cc1OC. The van der Waals surface area contributed by atoms with Gasteiger partial charge in [-0.15, -0.1) is 0 Å². The Kier molecular flexibility index (Phi) is 10.0. The van der Waals surface area contributed by atoms with Crippen LogP contribution in [-0.4, -0.2) is 79.5 Å². The van der Waals surface area contributed by atoms with Crippen molar-refractivity contribution in [2.75, 3.05) is 27.9 Å². The number of methoxy groups -OCH3 is 3. The van der Waals surface area contributed by atoms with Gasteiger partial charge in [0, 0.05) is 29.5 Å². The van der Waals surface area contributed by atoms with E-state index in [4.69, 9.17) is 23.7 Å². The molecule has 0 bridgehead atoms. The smallest absolute Gasteiger partial charge is 0.408 e. The Morgan fingerprint density at radius 2 is 1.77 bits per heavy atom. The summed E-state index contributed by atoms with van der Waals surface area (Å²) in [7, 11) is 4.38. The lowest BCUT2D eigenvalue weighted by Gasteiger charge is -2.34. The molecule has 4 rings (SSSR count). The van der Waals surface area contributed by atoms with Crippen LogP contribution in [0.5, 0.6) is 17.4 Å². The van der Waals surface area contributed by atoms with Gasteiger partial charge in [-0.2, -0.15) is 0 Å². The molecule has 43 heavy (non-hydrogen) atoms. The predicted octanol–water partition coefficient (Wildman–Crippen LogP) is 4.89. The Morgan fingerprint density at radius 3 is 2.37 bits per heavy atom. The van der Waals surface area contributed by atoms with Crippen molar-refractivity contribution in [2.45, 2.75) is 83.1 Å². The number of esters is 1. The first-order valence-corrected chi connectivity index (χ1v) is 14.7. The minimum atomic E-state index is -0.882. The van der Waals surface area contributed by atoms with Gasteiger partial charge in [-0.05, 0) is 45.6 Å². The van der Waals surface area contributed by atoms with E-state index >= 15 is 0 Å². The maximum Gasteiger partial charge on any atom is 0.408 e. The number of hydrogen-bond donors (Lipinski definition) is 1. The van der Waals surface area contributed by atoms with Crippen LogP contribution < -0.4 is 19.5 Å². The van der Waals surface area contributed by atoms with Gasteiger partial charge in [0.25, 0.3) is 0 Å². The standard InChI is InChI=1S/C32H43N3O8/c1-8-19-14-22-23(16-25(19)39-5)33-27(40-6)17-26(22)42-21-15-24(30(37)41-7)35(18-21)29(36)28(20-12-10-9-11-13-20)34-31(38)43-32(2,3)4/h8,14,16-17,20-21,24,28H,1,9-13,15,18H2,2-7H3,(H,34,38)/t21-,24+,28+/m1/s1. The number of ether oxygens (including phenoxy) is 5. The summed E-state index contributed by atoms with van der Waals surface area (Å²) in [6, 6.07) is 3.59. The molecule has 1 saturated carbocycles. The van der Waals surface area contributed by atoms with Crippen molar-refractivity contribution in [2.24, 2.45) is 5.92 Å². The molecule has 0 radical (unpaired) electrons. The van der Waals surface area contributed by atoms with Crippen molar-refractivity contribution < 1.29 is 38.1 Å². The van der Waals surface area contributed by atoms with E-state index in [2.05, 4.69) is 16.9 Å². The van der Waals surface area contributed by atoms with E-state index in [1.54, 1.807) is 46.1 Å². The van der Waals surface area contributed by atoms with Crippen LogP contribution in [0.2, 0.25) is 0 Å². The van der Waals surface area contributed by atoms with Gasteiger partial charge in [0.2, 0.25) is 11.8 Å². The van der Waals surface area contributed by atoms with Gasteiger partial charge in [-0.25, -0.2) is 14.6 Å². The summed E-state index contributed by atoms with van der Waals surface area (Å²) in [5, 5.41) is 3.53. The van der Waals surface area contributed by atoms with E-state index in [1.807, 2.05) is 6.07 Å². The van der Waals surface area contributed by atoms with Gasteiger partial charge in [0.15, 0.2) is 0 Å². The van der Waals surface area contributed by atoms with Crippen LogP contribution in [0.1, 0.15) is 64.9 Å². The second-order valence-corrected chi connectivity index (χ2v) is 12.0. The molecule has 1 aromatic carbocycles. The average molecular weight is 598 g/mol. The second-order valence-electron chi connectivity index (χ2n) is 12.0. The van der Waals surface area contributed by atoms with Crippen LogP contribution in [0, 0.1) is 5.92 Å². The molecule has 0 spiro atoms. The molecule has 2 heterocycles. The van der Waals surface area contributed by atoms with Crippen molar-refractivity contribution in [1.82, 2.24) is 15.2 Å². The fourth-order valence-electron chi connectivity index (χ4n) is 5.88. The number of carbonyl (C=O) groups excluding carboxylic acids is 3. The Hall–Kier alpha value is -4.02. The third-order valence-corrected chi connectivity index (χ3v) is 7.90. The molecular formula is C32H43N3O8. The summed E-state index contributed by atoms with van der Waals surface area (Å²) >= 11 is 0. The van der Waals surface area contributed by atoms with E-state index in [-0.39, 0.29) is 24.8 Å². The number of nitrogens with zero attached hydrogens (tertiary/aromatic N) is 2. The van der Waals surface area contributed by atoms with Crippen molar-refractivity contribution in [1.29, 1.82) is 0 Å². The third-order valence-electron chi connectivity index (χ3n) is 7.90. The fraction of sp³-hybridized carbons (Fsp3) is 0.562. The largest absolute Gasteiger partial charge is 0.496 e. The number of aromatic nitrogens is 1. The topological polar surface area (TPSA) is 126 Å². The van der Waals surface area contributed by atoms with E-state index in [9.17, 15) is 14.4 Å². The average Bonchev–Trinajstić information content (AvgIpc) is 3.41. The highest BCUT2D eigenvalue weighted by molar-refractivity contribution is 5.91. The molecule has 1 aliphatic heterocycles. The highest BCUT2D eigenvalue weighted by Crippen LogP contribution is 2.36. The van der Waals surface area contributed by atoms with Gasteiger partial charge in [0.05, 0.1) is 33.4 Å². The number of likely N-dealkylation sites (tertiary alicyclic amines) is 1. The molecular weight excluding hydrogens is 554 g/mol. The first-order valence-electron chi connectivity index (χ1n) is 14.7. The molecule has 2 aromatic rings. The molecule has 1 saturated heterocycles. The first-order chi connectivity index (χ1) is 20.5. The van der Waals surface area contributed by atoms with Crippen molar-refractivity contribution >= 4 is 34.9 Å². The fourth-order valence-corrected chi connectivity index (χ4v) is 5.88. The molecule has 0 unspecified atom stereocenters. The summed E-state index contributed by atoms with van der Waals surface area (Å²) in [6.07, 6.45) is 5.26. The number of amides is 2. The predicted molar refractivity (Wildman–Crippen MR) is 161 cm³/mol. The lowest BCUT2D eigenvalue weighted by atomic mass is 9.83. The van der Waals surface area contributed by atoms with Gasteiger partial charge in [-0.3, -0.25) is 4.79 Å². The number of benzene rings is 1. The van der Waals surface area contributed by atoms with Gasteiger partial charge in [-0.1, -0.05) is 31.9 Å². The van der Waals surface area contributed by atoms with Crippen LogP contribution in [0.25, 0.3) is 17.0 Å². The second kappa shape index (κ2) is 13.5. The highest BCUT2D eigenvalue weighted by atomic mass is 16.6. The normalized spacial score (nSPS) is 19.8. The van der Waals surface area contributed by atoms with Crippen molar-refractivity contribution in [3.05, 3.63) is 30.3 Å². The number of pyridine rings is 1. The van der Waals surface area contributed by atoms with E-state index < -0.39 is 35.9 Å². The molecule has 1 aromatic heterocycles. The zero-order valence-corrected chi connectivity index (χ0v) is 25.9. The highest BCUT2D eigenvalue weighted by Gasteiger charge is 2.46. The lowest BCUT2D eigenvalue weighted by Crippen LogP contribution is -2.55. The van der Waals surface area contributed by atoms with Crippen molar-refractivity contribution in [3.63, 3.8) is 0 Å². The maximum atomic E-state index is 14.2. The number of rotatable bonds is 9. The number of alkyl carbamates (subject to hydrolysis) is 1. The summed E-state index contributed by atoms with van der Waals surface area (Å²) in [6.45, 7) is 9.30. The van der Waals surface area contributed by atoms with Crippen LogP contribution in [-0.2, 0) is 19.1 Å². The van der Waals surface area contributed by atoms with E-state index in [0.717, 1.165) is 37.7 Å². The molecule has 234 valence electrons. The van der Waals surface area contributed by atoms with Crippen molar-refractivity contribution in [3.8, 4) is 17.4 Å². The van der Waals surface area contributed by atoms with Gasteiger partial charge >= 0.3 is 12.1 Å². The molecule has 2 amide bonds. The monoisotopic (exact) mass is 597 g/mol. The van der Waals surface area contributed by atoms with E-state index in [0.29, 0.717) is 28.3 Å². The van der Waals surface area contributed by atoms with E-state index in [1.165, 1.54) is 19.1 Å². The molecule has 11 nitrogen and oxygen atoms in total. The zero-order valence-electron chi connectivity index (χ0n) is 25.9. The quantitative estimate of drug-likeness (QED) is 0.402. The summed E-state index contributed by atoms with van der Waals surface area (Å²) in [5.41, 5.74) is 0.618. The Balaban J connectivity index is 1.65. The molecule has 3 atom stereocenters. The molecule has 1 N–H and O–H groups in total. The third kappa shape index (κ3) is 7.50. The van der Waals surface area contributed by atoms with Crippen LogP contribution >= 0.6 is 0 Å². The number of fused-ring (bicyclic) bond motifs is 1. The van der Waals surface area contributed by atoms with Crippen LogP contribution in [0.4, 0.5) is 4.79 Å². The Morgan fingerprint density at radius 1 is 1.05 bits per heavy atom. The number of nitrogens with one attached hydrogen (secondary N) is 1. The number of carbonyl (C=O) groups is 3. The minimum absolute atomic E-state index is 0.0762. The number of hydrogen-bond acceptors (Lipinski definition) is 9.